The molecular formula is C24H41N3O4S. The number of allylic oxidation sites excluding steroid dienone is 1. The van der Waals surface area contributed by atoms with Crippen LogP contribution in [0.1, 0.15) is 66.7 Å². The Morgan fingerprint density at radius 1 is 1.12 bits per heavy atom. The minimum atomic E-state index is -0.252. The minimum Gasteiger partial charge on any atom is -0.490 e. The molecule has 2 aliphatic heterocycles. The van der Waals surface area contributed by atoms with Crippen molar-refractivity contribution in [2.45, 2.75) is 85.0 Å². The summed E-state index contributed by atoms with van der Waals surface area (Å²) in [5.41, 5.74) is 0.826. The Morgan fingerprint density at radius 3 is 2.28 bits per heavy atom. The zero-order chi connectivity index (χ0) is 23.5. The van der Waals surface area contributed by atoms with E-state index in [9.17, 15) is 4.79 Å². The Hall–Kier alpha value is -1.67. The number of likely N-dealkylation sites (tertiary alicyclic amines) is 1. The van der Waals surface area contributed by atoms with E-state index in [4.69, 9.17) is 14.2 Å². The molecule has 0 spiro atoms. The van der Waals surface area contributed by atoms with Crippen molar-refractivity contribution in [3.8, 4) is 0 Å². The van der Waals surface area contributed by atoms with E-state index in [1.165, 1.54) is 12.2 Å². The van der Waals surface area contributed by atoms with Gasteiger partial charge in [-0.3, -0.25) is 4.31 Å². The van der Waals surface area contributed by atoms with Crippen molar-refractivity contribution >= 4 is 24.3 Å². The van der Waals surface area contributed by atoms with E-state index in [1.54, 1.807) is 11.1 Å². The zero-order valence-corrected chi connectivity index (χ0v) is 21.3. The maximum atomic E-state index is 12.1. The molecule has 2 rings (SSSR count). The third-order valence-electron chi connectivity index (χ3n) is 5.49. The molecule has 2 saturated heterocycles. The first kappa shape index (κ1) is 26.6. The largest absolute Gasteiger partial charge is 0.490 e. The second kappa shape index (κ2) is 13.8. The molecule has 0 aromatic carbocycles. The molecule has 8 heteroatoms. The lowest BCUT2D eigenvalue weighted by molar-refractivity contribution is 0.0292. The van der Waals surface area contributed by atoms with Crippen molar-refractivity contribution < 1.29 is 19.0 Å². The van der Waals surface area contributed by atoms with Crippen LogP contribution < -0.4 is 0 Å². The summed E-state index contributed by atoms with van der Waals surface area (Å²) in [6.45, 7) is 17.2. The van der Waals surface area contributed by atoms with Gasteiger partial charge in [-0.1, -0.05) is 25.5 Å². The summed E-state index contributed by atoms with van der Waals surface area (Å²) in [5, 5.41) is 0. The summed E-state index contributed by atoms with van der Waals surface area (Å²) < 4.78 is 20.2. The highest BCUT2D eigenvalue weighted by Crippen LogP contribution is 2.27. The van der Waals surface area contributed by atoms with Gasteiger partial charge in [-0.15, -0.1) is 0 Å². The summed E-state index contributed by atoms with van der Waals surface area (Å²) in [4.78, 5) is 18.3. The molecule has 0 atom stereocenters. The number of hydrogen-bond acceptors (Lipinski definition) is 7. The van der Waals surface area contributed by atoms with Crippen LogP contribution in [0.2, 0.25) is 0 Å². The zero-order valence-electron chi connectivity index (χ0n) is 20.5. The molecule has 0 unspecified atom stereocenters. The van der Waals surface area contributed by atoms with Crippen LogP contribution in [0.5, 0.6) is 0 Å². The highest BCUT2D eigenvalue weighted by atomic mass is 32.2. The highest BCUT2D eigenvalue weighted by Gasteiger charge is 2.27. The molecule has 2 heterocycles. The molecule has 32 heavy (non-hydrogen) atoms. The highest BCUT2D eigenvalue weighted by molar-refractivity contribution is 7.97. The van der Waals surface area contributed by atoms with E-state index in [0.29, 0.717) is 24.7 Å². The summed E-state index contributed by atoms with van der Waals surface area (Å²) in [6, 6.07) is 0. The van der Waals surface area contributed by atoms with Gasteiger partial charge < -0.3 is 19.1 Å². The van der Waals surface area contributed by atoms with Gasteiger partial charge in [0.05, 0.1) is 11.7 Å². The number of rotatable bonds is 10. The normalized spacial score (nSPS) is 19.9. The van der Waals surface area contributed by atoms with E-state index in [2.05, 4.69) is 22.8 Å². The fourth-order valence-electron chi connectivity index (χ4n) is 3.63. The van der Waals surface area contributed by atoms with Gasteiger partial charge in [0.2, 0.25) is 5.88 Å². The van der Waals surface area contributed by atoms with Crippen molar-refractivity contribution in [3.63, 3.8) is 0 Å². The Kier molecular flexibility index (Phi) is 11.4. The van der Waals surface area contributed by atoms with E-state index in [-0.39, 0.29) is 24.4 Å². The molecule has 0 aliphatic carbocycles. The molecule has 7 nitrogen and oxygen atoms in total. The van der Waals surface area contributed by atoms with Gasteiger partial charge in [0.15, 0.2) is 0 Å². The lowest BCUT2D eigenvalue weighted by Gasteiger charge is -2.33. The van der Waals surface area contributed by atoms with Crippen LogP contribution in [0.4, 0.5) is 4.79 Å². The molecule has 0 radical (unpaired) electrons. The molecule has 0 saturated carbocycles. The molecule has 2 aliphatic rings. The minimum absolute atomic E-state index is 0.00150. The van der Waals surface area contributed by atoms with Crippen LogP contribution in [-0.2, 0) is 14.2 Å². The summed E-state index contributed by atoms with van der Waals surface area (Å²) in [6.07, 6.45) is 6.22. The van der Waals surface area contributed by atoms with E-state index in [0.717, 1.165) is 44.3 Å². The van der Waals surface area contributed by atoms with Crippen LogP contribution >= 0.6 is 11.9 Å². The van der Waals surface area contributed by atoms with E-state index >= 15 is 0 Å². The van der Waals surface area contributed by atoms with Crippen molar-refractivity contribution in [1.82, 2.24) is 9.21 Å². The summed E-state index contributed by atoms with van der Waals surface area (Å²) in [7, 11) is 0. The quantitative estimate of drug-likeness (QED) is 0.186. The van der Waals surface area contributed by atoms with Gasteiger partial charge in [-0.05, 0) is 47.0 Å². The second-order valence-corrected chi connectivity index (χ2v) is 9.74. The number of carbonyl (C=O) groups is 1. The van der Waals surface area contributed by atoms with Gasteiger partial charge in [0.1, 0.15) is 18.0 Å². The summed E-state index contributed by atoms with van der Waals surface area (Å²) >= 11 is 1.93. The number of piperidine rings is 2. The van der Waals surface area contributed by atoms with Crippen molar-refractivity contribution in [2.24, 2.45) is 4.99 Å². The van der Waals surface area contributed by atoms with Crippen LogP contribution in [0, 0.1) is 0 Å². The van der Waals surface area contributed by atoms with Crippen molar-refractivity contribution in [2.75, 3.05) is 31.9 Å². The first-order chi connectivity index (χ1) is 15.3. The number of nitrogens with zero attached hydrogens (tertiary/aromatic N) is 3. The molecule has 0 N–H and O–H groups in total. The van der Waals surface area contributed by atoms with Crippen LogP contribution in [0.15, 0.2) is 28.8 Å². The van der Waals surface area contributed by atoms with E-state index in [1.807, 2.05) is 39.6 Å². The first-order valence-electron chi connectivity index (χ1n) is 11.9. The van der Waals surface area contributed by atoms with Gasteiger partial charge in [-0.2, -0.15) is 0 Å². The fraction of sp³-hybridized carbons (Fsp3) is 0.750. The standard InChI is InChI=1S/C24H41N3O4S/c1-7-17-32-27-15-11-21(12-16-27)30-20(6)19(5)23(25-8-2)31-22-9-13-26(14-10-22)24(28)29-18(3)4/h8,18,21-22H,6-7,9-17H2,1-5H3/b23-19+,25-8?. The van der Waals surface area contributed by atoms with Crippen molar-refractivity contribution in [3.05, 3.63) is 23.8 Å². The summed E-state index contributed by atoms with van der Waals surface area (Å²) in [5.74, 6) is 2.35. The van der Waals surface area contributed by atoms with Crippen molar-refractivity contribution in [1.29, 1.82) is 0 Å². The predicted octanol–water partition coefficient (Wildman–Crippen LogP) is 5.39. The first-order valence-corrected chi connectivity index (χ1v) is 12.8. The second-order valence-electron chi connectivity index (χ2n) is 8.56. The topological polar surface area (TPSA) is 63.6 Å². The van der Waals surface area contributed by atoms with Crippen LogP contribution in [0.3, 0.4) is 0 Å². The number of amides is 1. The molecule has 0 bridgehead atoms. The monoisotopic (exact) mass is 467 g/mol. The average molecular weight is 468 g/mol. The van der Waals surface area contributed by atoms with Gasteiger partial charge in [0.25, 0.3) is 0 Å². The predicted molar refractivity (Wildman–Crippen MR) is 132 cm³/mol. The van der Waals surface area contributed by atoms with Gasteiger partial charge in [0, 0.05) is 51.0 Å². The fourth-order valence-corrected chi connectivity index (χ4v) is 4.54. The van der Waals surface area contributed by atoms with Crippen LogP contribution in [-0.4, -0.2) is 71.8 Å². The van der Waals surface area contributed by atoms with Crippen LogP contribution in [0.25, 0.3) is 0 Å². The number of carbonyl (C=O) groups excluding carboxylic acids is 1. The average Bonchev–Trinajstić information content (AvgIpc) is 2.77. The van der Waals surface area contributed by atoms with E-state index < -0.39 is 0 Å². The maximum Gasteiger partial charge on any atom is 0.410 e. The number of ether oxygens (including phenoxy) is 3. The number of hydrogen-bond donors (Lipinski definition) is 0. The Morgan fingerprint density at radius 2 is 1.72 bits per heavy atom. The lowest BCUT2D eigenvalue weighted by atomic mass is 10.1. The van der Waals surface area contributed by atoms with Gasteiger partial charge >= 0.3 is 6.09 Å². The molecule has 0 aromatic heterocycles. The molecule has 0 aromatic rings. The Bertz CT molecular complexity index is 664. The smallest absolute Gasteiger partial charge is 0.410 e. The Balaban J connectivity index is 1.87. The third-order valence-corrected chi connectivity index (χ3v) is 6.81. The lowest BCUT2D eigenvalue weighted by Crippen LogP contribution is -2.41. The molecule has 2 fully saturated rings. The SMILES string of the molecule is C=C(OC1CCN(SCCC)CC1)/C(C)=C(\N=CC)OC1CCN(C(=O)OC(C)C)CC1. The third kappa shape index (κ3) is 8.70. The van der Waals surface area contributed by atoms with Gasteiger partial charge in [-0.25, -0.2) is 9.79 Å². The Labute approximate surface area is 198 Å². The maximum absolute atomic E-state index is 12.1. The molecule has 1 amide bonds. The molecular weight excluding hydrogens is 426 g/mol. The number of aliphatic imine (C=N–C) groups is 1. The molecule has 182 valence electrons.